The van der Waals surface area contributed by atoms with E-state index in [0.717, 1.165) is 0 Å². The number of ether oxygens (including phenoxy) is 1. The quantitative estimate of drug-likeness (QED) is 0.444. The van der Waals surface area contributed by atoms with Crippen LogP contribution in [0.15, 0.2) is 6.33 Å². The Labute approximate surface area is 66.9 Å². The number of hydrogen-bond donors (Lipinski definition) is 1. The zero-order valence-electron chi connectivity index (χ0n) is 5.98. The largest absolute Gasteiger partial charge is 0.393 e. The summed E-state index contributed by atoms with van der Waals surface area (Å²) in [5.41, 5.74) is 0. The van der Waals surface area contributed by atoms with Crippen molar-refractivity contribution in [3.8, 4) is 0 Å². The van der Waals surface area contributed by atoms with E-state index < -0.39 is 17.9 Å². The van der Waals surface area contributed by atoms with Crippen LogP contribution in [0.25, 0.3) is 0 Å². The van der Waals surface area contributed by atoms with Gasteiger partial charge in [0.05, 0.1) is 6.42 Å². The Hall–Kier alpha value is -1.72. The Bertz CT molecular complexity index is 319. The molecule has 1 aromatic rings. The van der Waals surface area contributed by atoms with Gasteiger partial charge < -0.3 is 4.74 Å². The molecule has 62 valence electrons. The minimum absolute atomic E-state index is 0.0496. The third-order valence-electron chi connectivity index (χ3n) is 1.63. The van der Waals surface area contributed by atoms with Gasteiger partial charge in [-0.2, -0.15) is 5.10 Å². The number of nitrogens with zero attached hydrogens (tertiary/aromatic N) is 2. The Morgan fingerprint density at radius 2 is 2.42 bits per heavy atom. The predicted octanol–water partition coefficient (Wildman–Crippen LogP) is -0.638. The van der Waals surface area contributed by atoms with Crippen LogP contribution in [0.5, 0.6) is 0 Å². The summed E-state index contributed by atoms with van der Waals surface area (Å²) >= 11 is 0. The van der Waals surface area contributed by atoms with Crippen LogP contribution in [0.4, 0.5) is 0 Å². The van der Waals surface area contributed by atoms with Crippen LogP contribution in [0, 0.1) is 0 Å². The van der Waals surface area contributed by atoms with Crippen molar-refractivity contribution in [1.29, 1.82) is 0 Å². The van der Waals surface area contributed by atoms with Gasteiger partial charge >= 0.3 is 11.9 Å². The fourth-order valence-corrected chi connectivity index (χ4v) is 1.07. The lowest BCUT2D eigenvalue weighted by atomic mass is 10.1. The van der Waals surface area contributed by atoms with Crippen LogP contribution in [0.1, 0.15) is 18.2 Å². The van der Waals surface area contributed by atoms with Crippen LogP contribution >= 0.6 is 0 Å². The number of rotatable bonds is 1. The molecule has 6 nitrogen and oxygen atoms in total. The highest BCUT2D eigenvalue weighted by Gasteiger charge is 2.36. The van der Waals surface area contributed by atoms with E-state index in [2.05, 4.69) is 19.9 Å². The number of nitrogens with one attached hydrogen (secondary N) is 1. The van der Waals surface area contributed by atoms with Crippen molar-refractivity contribution in [3.63, 3.8) is 0 Å². The van der Waals surface area contributed by atoms with Gasteiger partial charge in [0.1, 0.15) is 18.1 Å². The molecular formula is C6H5N3O3. The Morgan fingerprint density at radius 1 is 1.58 bits per heavy atom. The molecule has 6 heteroatoms. The van der Waals surface area contributed by atoms with Gasteiger partial charge in [-0.15, -0.1) is 0 Å². The Balaban J connectivity index is 2.26. The van der Waals surface area contributed by atoms with Crippen LogP contribution in [-0.2, 0) is 14.3 Å². The normalized spacial score (nSPS) is 22.8. The number of H-pyrrole nitrogens is 1. The van der Waals surface area contributed by atoms with Crippen molar-refractivity contribution in [2.24, 2.45) is 0 Å². The molecular weight excluding hydrogens is 162 g/mol. The predicted molar refractivity (Wildman–Crippen MR) is 34.8 cm³/mol. The standard InChI is InChI=1S/C6H5N3O3/c10-4-1-3(6(11)12-4)5-7-2-8-9-5/h2-3H,1H2,(H,7,8,9). The molecule has 1 saturated heterocycles. The first-order chi connectivity index (χ1) is 5.77. The first-order valence-electron chi connectivity index (χ1n) is 3.37. The third kappa shape index (κ3) is 0.969. The molecule has 0 bridgehead atoms. The van der Waals surface area contributed by atoms with Crippen LogP contribution in [0.3, 0.4) is 0 Å². The number of aromatic nitrogens is 3. The lowest BCUT2D eigenvalue weighted by Gasteiger charge is -1.95. The molecule has 1 N–H and O–H groups in total. The van der Waals surface area contributed by atoms with E-state index in [1.807, 2.05) is 0 Å². The molecule has 0 saturated carbocycles. The number of cyclic esters (lactones) is 2. The number of hydrogen-bond acceptors (Lipinski definition) is 5. The van der Waals surface area contributed by atoms with Gasteiger partial charge in [-0.25, -0.2) is 4.98 Å². The molecule has 12 heavy (non-hydrogen) atoms. The molecule has 2 rings (SSSR count). The van der Waals surface area contributed by atoms with Gasteiger partial charge in [-0.3, -0.25) is 14.7 Å². The highest BCUT2D eigenvalue weighted by molar-refractivity contribution is 5.97. The number of carbonyl (C=O) groups excluding carboxylic acids is 2. The Morgan fingerprint density at radius 3 is 2.92 bits per heavy atom. The summed E-state index contributed by atoms with van der Waals surface area (Å²) in [5.74, 6) is -1.29. The van der Waals surface area contributed by atoms with Crippen molar-refractivity contribution in [2.75, 3.05) is 0 Å². The minimum Gasteiger partial charge on any atom is -0.393 e. The van der Waals surface area contributed by atoms with E-state index in [9.17, 15) is 9.59 Å². The third-order valence-corrected chi connectivity index (χ3v) is 1.63. The molecule has 0 radical (unpaired) electrons. The summed E-state index contributed by atoms with van der Waals surface area (Å²) < 4.78 is 4.33. The van der Waals surface area contributed by atoms with Crippen LogP contribution in [-0.4, -0.2) is 27.1 Å². The molecule has 0 amide bonds. The van der Waals surface area contributed by atoms with Crippen LogP contribution < -0.4 is 0 Å². The average molecular weight is 167 g/mol. The lowest BCUT2D eigenvalue weighted by molar-refractivity contribution is -0.152. The average Bonchev–Trinajstić information content (AvgIpc) is 2.58. The molecule has 1 aliphatic rings. The highest BCUT2D eigenvalue weighted by atomic mass is 16.6. The number of aromatic amines is 1. The lowest BCUT2D eigenvalue weighted by Crippen LogP contribution is -2.07. The molecule has 0 aromatic carbocycles. The van der Waals surface area contributed by atoms with Gasteiger partial charge in [-0.05, 0) is 0 Å². The smallest absolute Gasteiger partial charge is 0.324 e. The maximum atomic E-state index is 11.0. The monoisotopic (exact) mass is 167 g/mol. The molecule has 1 fully saturated rings. The SMILES string of the molecule is O=C1CC(c2ncn[nH]2)C(=O)O1. The van der Waals surface area contributed by atoms with E-state index in [0.29, 0.717) is 5.82 Å². The van der Waals surface area contributed by atoms with Gasteiger partial charge in [0.25, 0.3) is 0 Å². The molecule has 1 unspecified atom stereocenters. The summed E-state index contributed by atoms with van der Waals surface area (Å²) in [7, 11) is 0. The van der Waals surface area contributed by atoms with Gasteiger partial charge in [0, 0.05) is 0 Å². The topological polar surface area (TPSA) is 84.9 Å². The van der Waals surface area contributed by atoms with Gasteiger partial charge in [-0.1, -0.05) is 0 Å². The van der Waals surface area contributed by atoms with Crippen molar-refractivity contribution < 1.29 is 14.3 Å². The molecule has 0 aliphatic carbocycles. The minimum atomic E-state index is -0.597. The van der Waals surface area contributed by atoms with E-state index in [1.54, 1.807) is 0 Å². The first kappa shape index (κ1) is 6.96. The Kier molecular flexibility index (Phi) is 1.39. The van der Waals surface area contributed by atoms with E-state index >= 15 is 0 Å². The fraction of sp³-hybridized carbons (Fsp3) is 0.333. The second-order valence-electron chi connectivity index (χ2n) is 2.42. The van der Waals surface area contributed by atoms with Gasteiger partial charge in [0.2, 0.25) is 0 Å². The summed E-state index contributed by atoms with van der Waals surface area (Å²) in [4.78, 5) is 25.4. The van der Waals surface area contributed by atoms with Crippen molar-refractivity contribution in [2.45, 2.75) is 12.3 Å². The molecule has 2 heterocycles. The molecule has 1 atom stereocenters. The summed E-state index contributed by atoms with van der Waals surface area (Å²) in [5, 5.41) is 6.09. The summed E-state index contributed by atoms with van der Waals surface area (Å²) in [6.45, 7) is 0. The zero-order valence-corrected chi connectivity index (χ0v) is 5.98. The highest BCUT2D eigenvalue weighted by Crippen LogP contribution is 2.23. The van der Waals surface area contributed by atoms with Crippen molar-refractivity contribution in [3.05, 3.63) is 12.2 Å². The zero-order chi connectivity index (χ0) is 8.55. The maximum absolute atomic E-state index is 11.0. The van der Waals surface area contributed by atoms with E-state index in [4.69, 9.17) is 0 Å². The number of esters is 2. The summed E-state index contributed by atoms with van der Waals surface area (Å²) in [6, 6.07) is 0. The summed E-state index contributed by atoms with van der Waals surface area (Å²) in [6.07, 6.45) is 1.33. The molecule has 1 aromatic heterocycles. The van der Waals surface area contributed by atoms with Crippen LogP contribution in [0.2, 0.25) is 0 Å². The van der Waals surface area contributed by atoms with Gasteiger partial charge in [0.15, 0.2) is 0 Å². The number of carbonyl (C=O) groups is 2. The fourth-order valence-electron chi connectivity index (χ4n) is 1.07. The maximum Gasteiger partial charge on any atom is 0.324 e. The second-order valence-corrected chi connectivity index (χ2v) is 2.42. The molecule has 1 aliphatic heterocycles. The van der Waals surface area contributed by atoms with Crippen molar-refractivity contribution >= 4 is 11.9 Å². The molecule has 0 spiro atoms. The second kappa shape index (κ2) is 2.40. The van der Waals surface area contributed by atoms with E-state index in [1.165, 1.54) is 6.33 Å². The van der Waals surface area contributed by atoms with E-state index in [-0.39, 0.29) is 6.42 Å². The first-order valence-corrected chi connectivity index (χ1v) is 3.37. The van der Waals surface area contributed by atoms with Crippen molar-refractivity contribution in [1.82, 2.24) is 15.2 Å².